The van der Waals surface area contributed by atoms with E-state index in [9.17, 15) is 4.79 Å². The molecule has 5 nitrogen and oxygen atoms in total. The summed E-state index contributed by atoms with van der Waals surface area (Å²) in [7, 11) is 0. The van der Waals surface area contributed by atoms with Gasteiger partial charge in [0.25, 0.3) is 0 Å². The van der Waals surface area contributed by atoms with Crippen molar-refractivity contribution in [2.75, 3.05) is 11.4 Å². The van der Waals surface area contributed by atoms with Gasteiger partial charge in [-0.2, -0.15) is 0 Å². The van der Waals surface area contributed by atoms with E-state index in [1.54, 1.807) is 0 Å². The summed E-state index contributed by atoms with van der Waals surface area (Å²) >= 11 is 3.62. The number of nitrogens with zero attached hydrogens (tertiary/aromatic N) is 3. The zero-order valence-electron chi connectivity index (χ0n) is 11.5. The summed E-state index contributed by atoms with van der Waals surface area (Å²) in [5, 5.41) is 8.86. The molecule has 0 unspecified atom stereocenters. The summed E-state index contributed by atoms with van der Waals surface area (Å²) in [6.07, 6.45) is 3.76. The number of carboxylic acid groups (broad SMARTS) is 1. The number of aryl methyl sites for hydroxylation is 1. The van der Waals surface area contributed by atoms with Crippen molar-refractivity contribution >= 4 is 27.7 Å². The molecule has 0 bridgehead atoms. The van der Waals surface area contributed by atoms with Crippen LogP contribution in [-0.2, 0) is 13.0 Å². The molecule has 0 aliphatic carbocycles. The van der Waals surface area contributed by atoms with Crippen LogP contribution in [-0.4, -0.2) is 27.6 Å². The molecule has 1 aromatic carbocycles. The SMILES string of the molecule is Cc1cc(Br)c2c(c1)CN(c1cnc(C(=O)O)cn1)CC2. The minimum Gasteiger partial charge on any atom is -0.476 e. The maximum Gasteiger partial charge on any atom is 0.356 e. The van der Waals surface area contributed by atoms with Crippen LogP contribution >= 0.6 is 15.9 Å². The number of rotatable bonds is 2. The average Bonchev–Trinajstić information content (AvgIpc) is 2.46. The van der Waals surface area contributed by atoms with Crippen molar-refractivity contribution in [3.05, 3.63) is 51.4 Å². The highest BCUT2D eigenvalue weighted by atomic mass is 79.9. The molecule has 3 rings (SSSR count). The quantitative estimate of drug-likeness (QED) is 0.904. The second-order valence-corrected chi connectivity index (χ2v) is 5.98. The molecule has 2 aromatic rings. The summed E-state index contributed by atoms with van der Waals surface area (Å²) in [5.41, 5.74) is 3.80. The number of aromatic nitrogens is 2. The Hall–Kier alpha value is -1.95. The first-order valence-electron chi connectivity index (χ1n) is 6.63. The van der Waals surface area contributed by atoms with Crippen LogP contribution in [0.5, 0.6) is 0 Å². The fourth-order valence-electron chi connectivity index (χ4n) is 2.59. The van der Waals surface area contributed by atoms with Gasteiger partial charge in [0.1, 0.15) is 5.82 Å². The van der Waals surface area contributed by atoms with Gasteiger partial charge in [-0.05, 0) is 36.1 Å². The molecule has 0 fully saturated rings. The van der Waals surface area contributed by atoms with Crippen molar-refractivity contribution in [1.29, 1.82) is 0 Å². The maximum atomic E-state index is 10.8. The molecule has 1 aliphatic rings. The van der Waals surface area contributed by atoms with Crippen molar-refractivity contribution in [1.82, 2.24) is 9.97 Å². The number of anilines is 1. The van der Waals surface area contributed by atoms with Crippen LogP contribution in [0.25, 0.3) is 0 Å². The fourth-order valence-corrected chi connectivity index (χ4v) is 3.40. The topological polar surface area (TPSA) is 66.3 Å². The molecular formula is C15H14BrN3O2. The Morgan fingerprint density at radius 3 is 2.81 bits per heavy atom. The van der Waals surface area contributed by atoms with Crippen molar-refractivity contribution in [2.45, 2.75) is 19.9 Å². The number of hydrogen-bond acceptors (Lipinski definition) is 4. The smallest absolute Gasteiger partial charge is 0.356 e. The molecule has 21 heavy (non-hydrogen) atoms. The van der Waals surface area contributed by atoms with Gasteiger partial charge in [-0.3, -0.25) is 0 Å². The van der Waals surface area contributed by atoms with E-state index in [0.717, 1.165) is 24.0 Å². The molecule has 0 radical (unpaired) electrons. The Morgan fingerprint density at radius 2 is 2.14 bits per heavy atom. The molecule has 6 heteroatoms. The van der Waals surface area contributed by atoms with Crippen LogP contribution in [0.1, 0.15) is 27.2 Å². The third-order valence-electron chi connectivity index (χ3n) is 3.61. The minimum absolute atomic E-state index is 0.0326. The van der Waals surface area contributed by atoms with Crippen molar-refractivity contribution < 1.29 is 9.90 Å². The highest BCUT2D eigenvalue weighted by molar-refractivity contribution is 9.10. The highest BCUT2D eigenvalue weighted by Gasteiger charge is 2.20. The van der Waals surface area contributed by atoms with E-state index < -0.39 is 5.97 Å². The molecule has 0 spiro atoms. The largest absolute Gasteiger partial charge is 0.476 e. The Morgan fingerprint density at radius 1 is 1.33 bits per heavy atom. The normalized spacial score (nSPS) is 13.9. The van der Waals surface area contributed by atoms with Gasteiger partial charge in [-0.15, -0.1) is 0 Å². The molecule has 108 valence electrons. The lowest BCUT2D eigenvalue weighted by atomic mass is 9.98. The predicted octanol–water partition coefficient (Wildman–Crippen LogP) is 2.81. The predicted molar refractivity (Wildman–Crippen MR) is 82.6 cm³/mol. The summed E-state index contributed by atoms with van der Waals surface area (Å²) in [4.78, 5) is 21.1. The molecular weight excluding hydrogens is 334 g/mol. The van der Waals surface area contributed by atoms with Crippen molar-refractivity contribution in [3.8, 4) is 0 Å². The van der Waals surface area contributed by atoms with Gasteiger partial charge >= 0.3 is 5.97 Å². The summed E-state index contributed by atoms with van der Waals surface area (Å²) < 4.78 is 1.16. The van der Waals surface area contributed by atoms with Crippen molar-refractivity contribution in [3.63, 3.8) is 0 Å². The fraction of sp³-hybridized carbons (Fsp3) is 0.267. The Labute approximate surface area is 130 Å². The number of carbonyl (C=O) groups is 1. The van der Waals surface area contributed by atoms with E-state index in [1.807, 2.05) is 0 Å². The van der Waals surface area contributed by atoms with Crippen LogP contribution in [0.15, 0.2) is 29.0 Å². The molecule has 1 aromatic heterocycles. The zero-order valence-corrected chi connectivity index (χ0v) is 13.1. The lowest BCUT2D eigenvalue weighted by Crippen LogP contribution is -2.31. The molecule has 0 saturated heterocycles. The van der Waals surface area contributed by atoms with Gasteiger partial charge < -0.3 is 10.0 Å². The second kappa shape index (κ2) is 5.44. The van der Waals surface area contributed by atoms with Crippen LogP contribution in [0.4, 0.5) is 5.82 Å². The van der Waals surface area contributed by atoms with E-state index in [1.165, 1.54) is 29.1 Å². The Balaban J connectivity index is 1.87. The maximum absolute atomic E-state index is 10.8. The molecule has 0 atom stereocenters. The van der Waals surface area contributed by atoms with Gasteiger partial charge in [0.05, 0.1) is 12.4 Å². The lowest BCUT2D eigenvalue weighted by molar-refractivity contribution is 0.0690. The van der Waals surface area contributed by atoms with Crippen LogP contribution in [0.2, 0.25) is 0 Å². The van der Waals surface area contributed by atoms with Gasteiger partial charge in [0, 0.05) is 17.6 Å². The highest BCUT2D eigenvalue weighted by Crippen LogP contribution is 2.29. The number of carboxylic acids is 1. The standard InChI is InChI=1S/C15H14BrN3O2/c1-9-4-10-8-19(3-2-11(10)12(16)5-9)14-7-17-13(6-18-14)15(20)21/h4-7H,2-3,8H2,1H3,(H,20,21). The zero-order chi connectivity index (χ0) is 15.0. The molecule has 0 amide bonds. The van der Waals surface area contributed by atoms with E-state index in [4.69, 9.17) is 5.11 Å². The number of fused-ring (bicyclic) bond motifs is 1. The van der Waals surface area contributed by atoms with Gasteiger partial charge in [0.15, 0.2) is 5.69 Å². The summed E-state index contributed by atoms with van der Waals surface area (Å²) in [6, 6.07) is 4.32. The molecule has 1 aliphatic heterocycles. The monoisotopic (exact) mass is 347 g/mol. The summed E-state index contributed by atoms with van der Waals surface area (Å²) in [6.45, 7) is 3.68. The number of benzene rings is 1. The number of hydrogen-bond donors (Lipinski definition) is 1. The van der Waals surface area contributed by atoms with E-state index in [-0.39, 0.29) is 5.69 Å². The third kappa shape index (κ3) is 2.76. The molecule has 2 heterocycles. The van der Waals surface area contributed by atoms with Crippen LogP contribution in [0.3, 0.4) is 0 Å². The first kappa shape index (κ1) is 14.0. The number of aromatic carboxylic acids is 1. The molecule has 1 N–H and O–H groups in total. The van der Waals surface area contributed by atoms with E-state index in [0.29, 0.717) is 5.82 Å². The van der Waals surface area contributed by atoms with Crippen LogP contribution < -0.4 is 4.90 Å². The summed E-state index contributed by atoms with van der Waals surface area (Å²) in [5.74, 6) is -0.346. The minimum atomic E-state index is -1.06. The van der Waals surface area contributed by atoms with Gasteiger partial charge in [-0.1, -0.05) is 22.0 Å². The lowest BCUT2D eigenvalue weighted by Gasteiger charge is -2.30. The van der Waals surface area contributed by atoms with E-state index in [2.05, 4.69) is 49.9 Å². The third-order valence-corrected chi connectivity index (χ3v) is 4.31. The number of halogens is 1. The first-order chi connectivity index (χ1) is 10.0. The first-order valence-corrected chi connectivity index (χ1v) is 7.42. The van der Waals surface area contributed by atoms with Crippen molar-refractivity contribution in [2.24, 2.45) is 0 Å². The second-order valence-electron chi connectivity index (χ2n) is 5.12. The Kier molecular flexibility index (Phi) is 3.63. The van der Waals surface area contributed by atoms with Crippen LogP contribution in [0, 0.1) is 6.92 Å². The Bertz CT molecular complexity index is 701. The van der Waals surface area contributed by atoms with E-state index >= 15 is 0 Å². The van der Waals surface area contributed by atoms with Gasteiger partial charge in [-0.25, -0.2) is 14.8 Å². The average molecular weight is 348 g/mol. The van der Waals surface area contributed by atoms with Gasteiger partial charge in [0.2, 0.25) is 0 Å². The molecule has 0 saturated carbocycles.